The Morgan fingerprint density at radius 1 is 1.17 bits per heavy atom. The summed E-state index contributed by atoms with van der Waals surface area (Å²) in [7, 11) is 0. The van der Waals surface area contributed by atoms with Crippen molar-refractivity contribution in [2.24, 2.45) is 0 Å². The molecule has 0 aliphatic rings. The second kappa shape index (κ2) is 17.3. The number of amides is 2. The van der Waals surface area contributed by atoms with Gasteiger partial charge in [0.25, 0.3) is 0 Å². The normalized spacial score (nSPS) is 10.3. The van der Waals surface area contributed by atoms with Gasteiger partial charge in [0.1, 0.15) is 6.10 Å². The van der Waals surface area contributed by atoms with Crippen molar-refractivity contribution in [1.29, 1.82) is 0 Å². The van der Waals surface area contributed by atoms with E-state index in [0.29, 0.717) is 5.69 Å². The van der Waals surface area contributed by atoms with Gasteiger partial charge in [0.2, 0.25) is 0 Å². The van der Waals surface area contributed by atoms with Crippen LogP contribution in [0.15, 0.2) is 30.3 Å². The van der Waals surface area contributed by atoms with Crippen LogP contribution in [0.1, 0.15) is 39.5 Å². The number of anilines is 1. The Labute approximate surface area is 172 Å². The number of benzene rings is 1. The molecule has 0 aliphatic carbocycles. The summed E-state index contributed by atoms with van der Waals surface area (Å²) in [4.78, 5) is 25.3. The molecule has 0 aliphatic heterocycles. The Balaban J connectivity index is 0. The number of esters is 1. The van der Waals surface area contributed by atoms with Crippen LogP contribution in [0.2, 0.25) is 4.94 Å². The maximum atomic E-state index is 11.6. The van der Waals surface area contributed by atoms with Gasteiger partial charge in [-0.25, -0.2) is 4.79 Å². The van der Waals surface area contributed by atoms with E-state index in [9.17, 15) is 9.59 Å². The molecule has 134 valence electrons. The summed E-state index contributed by atoms with van der Waals surface area (Å²) in [6.45, 7) is 4.32. The molecule has 5 nitrogen and oxygen atoms in total. The standard InChI is InChI=1S/C16H24N2O3.CH3.Re.Sn/c1-3-8-14(4-2)21-15(19)11-12-17-16(20)18-13-9-6-5-7-10-13;;;/h5-7,9-10,14H,3-4,8,11-12H2,1-2H3,(H2,17,18,20);1H3;;. The molecular weight excluding hydrogens is 585 g/mol. The topological polar surface area (TPSA) is 67.4 Å². The molecule has 2 amide bonds. The first-order valence-electron chi connectivity index (χ1n) is 7.95. The smallest absolute Gasteiger partial charge is 0 e. The molecule has 0 heterocycles. The average molecular weight is 612 g/mol. The Hall–Kier alpha value is -0.579. The van der Waals surface area contributed by atoms with Crippen molar-refractivity contribution in [3.63, 3.8) is 0 Å². The van der Waals surface area contributed by atoms with E-state index < -0.39 is 0 Å². The minimum atomic E-state index is -0.324. The molecule has 2 N–H and O–H groups in total. The number of carbonyl (C=O) groups excluding carboxylic acids is 2. The molecular formula is C17H27N2O3ReSn. The zero-order chi connectivity index (χ0) is 17.5. The van der Waals surface area contributed by atoms with E-state index in [1.807, 2.05) is 25.1 Å². The monoisotopic (exact) mass is 614 g/mol. The van der Waals surface area contributed by atoms with Gasteiger partial charge in [0.05, 0.1) is 6.42 Å². The van der Waals surface area contributed by atoms with Crippen molar-refractivity contribution in [3.05, 3.63) is 30.3 Å². The first-order valence-corrected chi connectivity index (χ1v) is 10.8. The van der Waals surface area contributed by atoms with Crippen molar-refractivity contribution < 1.29 is 34.7 Å². The van der Waals surface area contributed by atoms with Crippen LogP contribution >= 0.6 is 0 Å². The van der Waals surface area contributed by atoms with Crippen LogP contribution in [0.3, 0.4) is 0 Å². The minimum Gasteiger partial charge on any atom is 0 e. The Morgan fingerprint density at radius 2 is 1.79 bits per heavy atom. The molecule has 1 aromatic carbocycles. The number of para-hydroxylation sites is 1. The summed E-state index contributed by atoms with van der Waals surface area (Å²) < 4.78 is 5.33. The molecule has 1 atom stereocenters. The van der Waals surface area contributed by atoms with E-state index in [1.54, 1.807) is 34.7 Å². The number of hydrogen-bond acceptors (Lipinski definition) is 3. The van der Waals surface area contributed by atoms with Gasteiger partial charge in [-0.15, -0.1) is 0 Å². The molecule has 4 radical (unpaired) electrons. The van der Waals surface area contributed by atoms with Crippen molar-refractivity contribution in [2.75, 3.05) is 11.9 Å². The Morgan fingerprint density at radius 3 is 2.33 bits per heavy atom. The largest absolute Gasteiger partial charge is 0 e. The maximum absolute atomic E-state index is 11.6. The Bertz CT molecular complexity index is 447. The number of carbonyl (C=O) groups is 2. The van der Waals surface area contributed by atoms with E-state index in [4.69, 9.17) is 4.74 Å². The number of hydrogen-bond donors (Lipinski definition) is 2. The van der Waals surface area contributed by atoms with Gasteiger partial charge in [-0.2, -0.15) is 0 Å². The van der Waals surface area contributed by atoms with Gasteiger partial charge >= 0.3 is 39.5 Å². The molecule has 0 saturated heterocycles. The first-order chi connectivity index (χ1) is 11.2. The van der Waals surface area contributed by atoms with Gasteiger partial charge in [-0.3, -0.25) is 4.79 Å². The van der Waals surface area contributed by atoms with Crippen molar-refractivity contribution in [1.82, 2.24) is 5.32 Å². The second-order valence-electron chi connectivity index (χ2n) is 4.81. The average Bonchev–Trinajstić information content (AvgIpc) is 2.57. The Kier molecular flexibility index (Phi) is 18.4. The molecule has 7 heteroatoms. The van der Waals surface area contributed by atoms with Gasteiger partial charge in [0.15, 0.2) is 0 Å². The predicted molar refractivity (Wildman–Crippen MR) is 94.8 cm³/mol. The third-order valence-corrected chi connectivity index (χ3v) is 3.01. The molecule has 0 bridgehead atoms. The van der Waals surface area contributed by atoms with E-state index in [2.05, 4.69) is 22.5 Å². The molecule has 1 unspecified atom stereocenters. The van der Waals surface area contributed by atoms with Gasteiger partial charge in [-0.1, -0.05) is 38.5 Å². The molecule has 0 aromatic heterocycles. The molecule has 1 aromatic rings. The fourth-order valence-electron chi connectivity index (χ4n) is 1.89. The minimum absolute atomic E-state index is 0. The van der Waals surface area contributed by atoms with Crippen molar-refractivity contribution >= 4 is 40.2 Å². The number of ether oxygens (including phenoxy) is 1. The predicted octanol–water partition coefficient (Wildman–Crippen LogP) is 3.52. The second-order valence-corrected chi connectivity index (χ2v) is 4.81. The summed E-state index contributed by atoms with van der Waals surface area (Å²) in [5.41, 5.74) is 0.714. The van der Waals surface area contributed by atoms with Gasteiger partial charge < -0.3 is 15.4 Å². The summed E-state index contributed by atoms with van der Waals surface area (Å²) in [6.07, 6.45) is 2.86. The molecule has 0 fully saturated rings. The van der Waals surface area contributed by atoms with Crippen molar-refractivity contribution in [2.45, 2.75) is 50.6 Å². The molecule has 1 rings (SSSR count). The third-order valence-electron chi connectivity index (χ3n) is 3.01. The molecule has 0 saturated carbocycles. The zero-order valence-corrected chi connectivity index (χ0v) is 20.2. The van der Waals surface area contributed by atoms with E-state index in [1.165, 1.54) is 0 Å². The van der Waals surface area contributed by atoms with E-state index in [-0.39, 0.29) is 51.5 Å². The molecule has 24 heavy (non-hydrogen) atoms. The van der Waals surface area contributed by atoms with Crippen molar-refractivity contribution in [3.8, 4) is 0 Å². The fourth-order valence-corrected chi connectivity index (χ4v) is 1.89. The van der Waals surface area contributed by atoms with Gasteiger partial charge in [-0.05, 0) is 25.0 Å². The number of urea groups is 1. The van der Waals surface area contributed by atoms with Crippen LogP contribution < -0.4 is 10.6 Å². The van der Waals surface area contributed by atoms with E-state index in [0.717, 1.165) is 19.3 Å². The van der Waals surface area contributed by atoms with E-state index >= 15 is 0 Å². The zero-order valence-electron chi connectivity index (χ0n) is 14.6. The van der Waals surface area contributed by atoms with Gasteiger partial charge in [0, 0.05) is 32.7 Å². The van der Waals surface area contributed by atoms with Crippen LogP contribution in [0.25, 0.3) is 0 Å². The summed E-state index contributed by atoms with van der Waals surface area (Å²) in [5.74, 6) is -0.268. The number of nitrogens with one attached hydrogen (secondary N) is 2. The maximum Gasteiger partial charge on any atom is 0 e. The van der Waals surface area contributed by atoms with Crippen LogP contribution in [-0.2, 0) is 30.0 Å². The quantitative estimate of drug-likeness (QED) is 0.349. The number of rotatable bonds is 8. The summed E-state index contributed by atoms with van der Waals surface area (Å²) in [5, 5.41) is 5.32. The molecule has 0 spiro atoms. The summed E-state index contributed by atoms with van der Waals surface area (Å²) in [6, 6.07) is 8.82. The SMILES string of the molecule is CCCC(CC)OC(=O)CCNC(=O)Nc1ccccc1.[CH3][Sn].[Re]. The summed E-state index contributed by atoms with van der Waals surface area (Å²) >= 11 is 1.55. The van der Waals surface area contributed by atoms with Crippen LogP contribution in [-0.4, -0.2) is 47.2 Å². The van der Waals surface area contributed by atoms with Crippen LogP contribution in [0, 0.1) is 0 Å². The fraction of sp³-hybridized carbons (Fsp3) is 0.529. The van der Waals surface area contributed by atoms with Crippen LogP contribution in [0.5, 0.6) is 0 Å². The van der Waals surface area contributed by atoms with Crippen LogP contribution in [0.4, 0.5) is 10.5 Å². The first kappa shape index (κ1) is 25.7. The third kappa shape index (κ3) is 12.8.